The SMILES string of the molecule is CN1CCc2c(nc(C(=O)Nc3cccc(-c4cccc(NC(=O)c5nc6c(n5C)CCN(CCC5CCCCC5)C6)c4Cl)c3Cl)n2C)C1. The molecule has 0 spiro atoms. The summed E-state index contributed by atoms with van der Waals surface area (Å²) in [6.45, 7) is 4.46. The van der Waals surface area contributed by atoms with Gasteiger partial charge in [0.2, 0.25) is 0 Å². The summed E-state index contributed by atoms with van der Waals surface area (Å²) in [6.07, 6.45) is 9.78. The van der Waals surface area contributed by atoms with Gasteiger partial charge in [-0.05, 0) is 38.1 Å². The molecule has 4 heterocycles. The standard InChI is InChI=1S/C37H44Cl2N8O2/c1-44-18-16-30-28(21-44)40-34(45(30)2)36(48)42-26-13-7-11-24(32(26)38)25-12-8-14-27(33(25)39)43-37(49)35-41-29-22-47(20-17-31(29)46(35)3)19-15-23-9-5-4-6-10-23/h7-8,11-14,23H,4-6,9-10,15-22H2,1-3H3,(H,42,48)(H,43,49). The van der Waals surface area contributed by atoms with E-state index in [-0.39, 0.29) is 11.8 Å². The van der Waals surface area contributed by atoms with Gasteiger partial charge >= 0.3 is 0 Å². The molecule has 49 heavy (non-hydrogen) atoms. The Balaban J connectivity index is 1.05. The summed E-state index contributed by atoms with van der Waals surface area (Å²) in [6, 6.07) is 10.8. The molecule has 10 nitrogen and oxygen atoms in total. The van der Waals surface area contributed by atoms with Gasteiger partial charge in [-0.25, -0.2) is 9.97 Å². The molecule has 4 aromatic rings. The summed E-state index contributed by atoms with van der Waals surface area (Å²) in [5.41, 5.74) is 6.24. The van der Waals surface area contributed by atoms with E-state index in [4.69, 9.17) is 28.2 Å². The number of nitrogens with zero attached hydrogens (tertiary/aromatic N) is 6. The summed E-state index contributed by atoms with van der Waals surface area (Å²) >= 11 is 13.8. The Bertz CT molecular complexity index is 1890. The second kappa shape index (κ2) is 14.3. The molecule has 3 aliphatic rings. The van der Waals surface area contributed by atoms with Crippen LogP contribution in [0.25, 0.3) is 11.1 Å². The van der Waals surface area contributed by atoms with Crippen molar-refractivity contribution < 1.29 is 9.59 Å². The van der Waals surface area contributed by atoms with Gasteiger partial charge in [-0.3, -0.25) is 14.5 Å². The number of imidazole rings is 2. The molecule has 2 amide bonds. The van der Waals surface area contributed by atoms with Crippen LogP contribution in [-0.4, -0.2) is 67.4 Å². The maximum atomic E-state index is 13.6. The Labute approximate surface area is 297 Å². The van der Waals surface area contributed by atoms with E-state index in [1.54, 1.807) is 12.1 Å². The normalized spacial score (nSPS) is 17.1. The van der Waals surface area contributed by atoms with Gasteiger partial charge in [-0.15, -0.1) is 0 Å². The number of likely N-dealkylation sites (N-methyl/N-ethyl adjacent to an activating group) is 1. The first-order valence-corrected chi connectivity index (χ1v) is 18.1. The third kappa shape index (κ3) is 6.88. The van der Waals surface area contributed by atoms with Crippen molar-refractivity contribution in [2.45, 2.75) is 64.5 Å². The molecule has 258 valence electrons. The highest BCUT2D eigenvalue weighted by molar-refractivity contribution is 6.40. The molecule has 2 aromatic heterocycles. The lowest BCUT2D eigenvalue weighted by Gasteiger charge is -2.29. The number of benzene rings is 2. The van der Waals surface area contributed by atoms with Crippen LogP contribution in [0.3, 0.4) is 0 Å². The van der Waals surface area contributed by atoms with Crippen LogP contribution in [0.4, 0.5) is 11.4 Å². The number of carbonyl (C=O) groups is 2. The van der Waals surface area contributed by atoms with Gasteiger partial charge in [0.05, 0.1) is 32.8 Å². The van der Waals surface area contributed by atoms with Crippen LogP contribution < -0.4 is 10.6 Å². The van der Waals surface area contributed by atoms with Gasteiger partial charge in [-0.1, -0.05) is 79.6 Å². The predicted octanol–water partition coefficient (Wildman–Crippen LogP) is 6.95. The number of fused-ring (bicyclic) bond motifs is 2. The van der Waals surface area contributed by atoms with E-state index in [1.807, 2.05) is 54.5 Å². The van der Waals surface area contributed by atoms with E-state index in [1.165, 1.54) is 38.5 Å². The van der Waals surface area contributed by atoms with Crippen LogP contribution >= 0.6 is 23.2 Å². The van der Waals surface area contributed by atoms with Gasteiger partial charge in [0, 0.05) is 75.6 Å². The van der Waals surface area contributed by atoms with Crippen LogP contribution in [0.2, 0.25) is 10.0 Å². The fourth-order valence-electron chi connectivity index (χ4n) is 7.71. The van der Waals surface area contributed by atoms with Crippen molar-refractivity contribution in [2.24, 2.45) is 20.0 Å². The van der Waals surface area contributed by atoms with E-state index in [0.29, 0.717) is 50.7 Å². The van der Waals surface area contributed by atoms with Gasteiger partial charge in [0.25, 0.3) is 11.8 Å². The molecule has 0 unspecified atom stereocenters. The highest BCUT2D eigenvalue weighted by Crippen LogP contribution is 2.40. The minimum absolute atomic E-state index is 0.319. The van der Waals surface area contributed by atoms with E-state index >= 15 is 0 Å². The summed E-state index contributed by atoms with van der Waals surface area (Å²) in [4.78, 5) is 41.1. The Morgan fingerprint density at radius 1 is 0.755 bits per heavy atom. The topological polar surface area (TPSA) is 100 Å². The van der Waals surface area contributed by atoms with Gasteiger partial charge < -0.3 is 24.7 Å². The van der Waals surface area contributed by atoms with Crippen molar-refractivity contribution in [3.63, 3.8) is 0 Å². The minimum atomic E-state index is -0.337. The number of nitrogens with one attached hydrogen (secondary N) is 2. The molecule has 0 radical (unpaired) electrons. The molecule has 1 fully saturated rings. The van der Waals surface area contributed by atoms with Crippen molar-refractivity contribution in [1.29, 1.82) is 0 Å². The van der Waals surface area contributed by atoms with Crippen LogP contribution in [-0.2, 0) is 40.0 Å². The second-order valence-electron chi connectivity index (χ2n) is 13.8. The average molecular weight is 704 g/mol. The second-order valence-corrected chi connectivity index (χ2v) is 14.6. The number of aromatic nitrogens is 4. The lowest BCUT2D eigenvalue weighted by Crippen LogP contribution is -2.33. The highest BCUT2D eigenvalue weighted by Gasteiger charge is 2.28. The number of hydrogen-bond donors (Lipinski definition) is 2. The molecule has 12 heteroatoms. The predicted molar refractivity (Wildman–Crippen MR) is 194 cm³/mol. The fraction of sp³-hybridized carbons (Fsp3) is 0.459. The molecule has 2 aromatic carbocycles. The molecule has 0 saturated heterocycles. The molecule has 0 atom stereocenters. The molecule has 7 rings (SSSR count). The third-order valence-corrected chi connectivity index (χ3v) is 11.4. The first-order valence-electron chi connectivity index (χ1n) is 17.4. The fourth-order valence-corrected chi connectivity index (χ4v) is 8.26. The number of rotatable bonds is 8. The first kappa shape index (κ1) is 33.8. The average Bonchev–Trinajstić information content (AvgIpc) is 3.61. The van der Waals surface area contributed by atoms with Crippen molar-refractivity contribution >= 4 is 46.4 Å². The molecule has 1 saturated carbocycles. The number of halogens is 2. The van der Waals surface area contributed by atoms with E-state index in [2.05, 4.69) is 25.4 Å². The lowest BCUT2D eigenvalue weighted by molar-refractivity contribution is 0.100. The van der Waals surface area contributed by atoms with Crippen molar-refractivity contribution in [3.05, 3.63) is 80.9 Å². The number of carbonyl (C=O) groups excluding carboxylic acids is 2. The molecular weight excluding hydrogens is 659 g/mol. The monoisotopic (exact) mass is 702 g/mol. The zero-order chi connectivity index (χ0) is 34.2. The van der Waals surface area contributed by atoms with E-state index in [9.17, 15) is 9.59 Å². The van der Waals surface area contributed by atoms with Crippen LogP contribution in [0.5, 0.6) is 0 Å². The number of hydrogen-bond acceptors (Lipinski definition) is 6. The van der Waals surface area contributed by atoms with Crippen LogP contribution in [0.1, 0.15) is 82.5 Å². The van der Waals surface area contributed by atoms with Gasteiger partial charge in [0.15, 0.2) is 11.6 Å². The van der Waals surface area contributed by atoms with Crippen molar-refractivity contribution in [3.8, 4) is 11.1 Å². The smallest absolute Gasteiger partial charge is 0.291 e. The zero-order valence-corrected chi connectivity index (χ0v) is 30.0. The Hall–Kier alpha value is -3.70. The third-order valence-electron chi connectivity index (χ3n) is 10.5. The van der Waals surface area contributed by atoms with Crippen LogP contribution in [0, 0.1) is 5.92 Å². The van der Waals surface area contributed by atoms with Crippen molar-refractivity contribution in [2.75, 3.05) is 37.3 Å². The summed E-state index contributed by atoms with van der Waals surface area (Å²) in [5.74, 6) is 0.895. The summed E-state index contributed by atoms with van der Waals surface area (Å²) in [5, 5.41) is 6.62. The first-order chi connectivity index (χ1) is 23.7. The van der Waals surface area contributed by atoms with Gasteiger partial charge in [0.1, 0.15) is 0 Å². The van der Waals surface area contributed by atoms with E-state index < -0.39 is 0 Å². The Morgan fingerprint density at radius 2 is 1.29 bits per heavy atom. The number of amides is 2. The minimum Gasteiger partial charge on any atom is -0.327 e. The molecule has 0 bridgehead atoms. The number of anilines is 2. The molecule has 2 N–H and O–H groups in total. The van der Waals surface area contributed by atoms with Crippen molar-refractivity contribution in [1.82, 2.24) is 28.9 Å². The summed E-state index contributed by atoms with van der Waals surface area (Å²) < 4.78 is 3.78. The molecule has 2 aliphatic heterocycles. The lowest BCUT2D eigenvalue weighted by atomic mass is 9.87. The molecular formula is C37H44Cl2N8O2. The zero-order valence-electron chi connectivity index (χ0n) is 28.5. The molecule has 1 aliphatic carbocycles. The maximum Gasteiger partial charge on any atom is 0.291 e. The maximum absolute atomic E-state index is 13.6. The van der Waals surface area contributed by atoms with Crippen LogP contribution in [0.15, 0.2) is 36.4 Å². The van der Waals surface area contributed by atoms with Gasteiger partial charge in [-0.2, -0.15) is 0 Å². The largest absolute Gasteiger partial charge is 0.327 e. The Morgan fingerprint density at radius 3 is 1.86 bits per heavy atom. The quantitative estimate of drug-likeness (QED) is 0.206. The van der Waals surface area contributed by atoms with E-state index in [0.717, 1.165) is 67.7 Å². The highest BCUT2D eigenvalue weighted by atomic mass is 35.5. The summed E-state index contributed by atoms with van der Waals surface area (Å²) in [7, 11) is 5.83. The Kier molecular flexibility index (Phi) is 9.84.